The summed E-state index contributed by atoms with van der Waals surface area (Å²) in [5, 5.41) is 11.4. The van der Waals surface area contributed by atoms with Crippen LogP contribution in [0.3, 0.4) is 0 Å². The lowest BCUT2D eigenvalue weighted by Gasteiger charge is -2.08. The van der Waals surface area contributed by atoms with Gasteiger partial charge < -0.3 is 15.2 Å². The van der Waals surface area contributed by atoms with Gasteiger partial charge in [-0.25, -0.2) is 0 Å². The lowest BCUT2D eigenvalue weighted by molar-refractivity contribution is -0.137. The average molecular weight is 359 g/mol. The molecule has 0 fully saturated rings. The molecule has 0 heterocycles. The van der Waals surface area contributed by atoms with E-state index in [1.54, 1.807) is 24.3 Å². The number of hydrogen-bond acceptors (Lipinski definition) is 4. The van der Waals surface area contributed by atoms with Crippen molar-refractivity contribution in [3.8, 4) is 5.75 Å². The van der Waals surface area contributed by atoms with Gasteiger partial charge in [0.25, 0.3) is 0 Å². The molecule has 2 rings (SSSR count). The first-order valence-corrected chi connectivity index (χ1v) is 8.96. The number of carbonyl (C=O) groups excluding carboxylic acids is 1. The maximum absolute atomic E-state index is 12.0. The summed E-state index contributed by atoms with van der Waals surface area (Å²) in [6.07, 6.45) is 0.552. The Labute approximate surface area is 151 Å². The number of hydrogen-bond donors (Lipinski definition) is 2. The van der Waals surface area contributed by atoms with Crippen LogP contribution in [0.1, 0.15) is 18.4 Å². The van der Waals surface area contributed by atoms with E-state index in [0.29, 0.717) is 30.2 Å². The number of aliphatic carboxylic acids is 1. The molecule has 0 bridgehead atoms. The molecule has 0 atom stereocenters. The van der Waals surface area contributed by atoms with Crippen molar-refractivity contribution in [1.82, 2.24) is 0 Å². The minimum absolute atomic E-state index is 0.0663. The highest BCUT2D eigenvalue weighted by molar-refractivity contribution is 8.00. The molecule has 6 heteroatoms. The van der Waals surface area contributed by atoms with Crippen molar-refractivity contribution >= 4 is 29.3 Å². The van der Waals surface area contributed by atoms with E-state index in [-0.39, 0.29) is 12.3 Å². The molecule has 0 aromatic heterocycles. The molecule has 2 aromatic carbocycles. The standard InChI is InChI=1S/C19H21NO4S/c1-14-5-2-3-6-17(14)25-13-18(21)20-15-8-10-16(11-9-15)24-12-4-7-19(22)23/h2-3,5-6,8-11H,4,7,12-13H2,1H3,(H,20,21)(H,22,23). The van der Waals surface area contributed by atoms with E-state index in [2.05, 4.69) is 5.32 Å². The highest BCUT2D eigenvalue weighted by atomic mass is 32.2. The largest absolute Gasteiger partial charge is 0.494 e. The summed E-state index contributed by atoms with van der Waals surface area (Å²) in [7, 11) is 0. The van der Waals surface area contributed by atoms with Crippen LogP contribution in [0.15, 0.2) is 53.4 Å². The Bertz CT molecular complexity index is 716. The monoisotopic (exact) mass is 359 g/mol. The smallest absolute Gasteiger partial charge is 0.303 e. The third-order valence-electron chi connectivity index (χ3n) is 3.39. The van der Waals surface area contributed by atoms with Crippen LogP contribution in [0.4, 0.5) is 5.69 Å². The zero-order valence-electron chi connectivity index (χ0n) is 14.0. The van der Waals surface area contributed by atoms with Crippen LogP contribution in [0.25, 0.3) is 0 Å². The van der Waals surface area contributed by atoms with Gasteiger partial charge in [-0.2, -0.15) is 0 Å². The predicted molar refractivity (Wildman–Crippen MR) is 99.3 cm³/mol. The van der Waals surface area contributed by atoms with Gasteiger partial charge >= 0.3 is 5.97 Å². The molecule has 0 unspecified atom stereocenters. The molecule has 2 aromatic rings. The quantitative estimate of drug-likeness (QED) is 0.523. The fourth-order valence-electron chi connectivity index (χ4n) is 2.11. The second-order valence-electron chi connectivity index (χ2n) is 5.47. The summed E-state index contributed by atoms with van der Waals surface area (Å²) < 4.78 is 5.45. The summed E-state index contributed by atoms with van der Waals surface area (Å²) in [5.74, 6) is 0.101. The third kappa shape index (κ3) is 6.89. The van der Waals surface area contributed by atoms with Crippen molar-refractivity contribution < 1.29 is 19.4 Å². The molecular weight excluding hydrogens is 338 g/mol. The molecule has 0 saturated carbocycles. The van der Waals surface area contributed by atoms with Crippen LogP contribution in [-0.2, 0) is 9.59 Å². The maximum Gasteiger partial charge on any atom is 0.303 e. The predicted octanol–water partition coefficient (Wildman–Crippen LogP) is 3.97. The fraction of sp³-hybridized carbons (Fsp3) is 0.263. The SMILES string of the molecule is Cc1ccccc1SCC(=O)Nc1ccc(OCCCC(=O)O)cc1. The number of rotatable bonds is 9. The summed E-state index contributed by atoms with van der Waals surface area (Å²) >= 11 is 1.51. The van der Waals surface area contributed by atoms with Crippen LogP contribution >= 0.6 is 11.8 Å². The van der Waals surface area contributed by atoms with Gasteiger partial charge in [-0.15, -0.1) is 11.8 Å². The molecule has 0 radical (unpaired) electrons. The summed E-state index contributed by atoms with van der Waals surface area (Å²) in [5.41, 5.74) is 1.86. The Kier molecular flexibility index (Phi) is 7.35. The lowest BCUT2D eigenvalue weighted by Crippen LogP contribution is -2.14. The van der Waals surface area contributed by atoms with Crippen molar-refractivity contribution in [2.75, 3.05) is 17.7 Å². The molecule has 0 aliphatic heterocycles. The number of ether oxygens (including phenoxy) is 1. The van der Waals surface area contributed by atoms with Gasteiger partial charge in [-0.05, 0) is 49.2 Å². The van der Waals surface area contributed by atoms with E-state index in [1.165, 1.54) is 11.8 Å². The van der Waals surface area contributed by atoms with Gasteiger partial charge in [0.15, 0.2) is 0 Å². The second-order valence-corrected chi connectivity index (χ2v) is 6.49. The Hall–Kier alpha value is -2.47. The van der Waals surface area contributed by atoms with Gasteiger partial charge in [0.2, 0.25) is 5.91 Å². The number of carbonyl (C=O) groups is 2. The van der Waals surface area contributed by atoms with Gasteiger partial charge in [0.1, 0.15) is 5.75 Å². The number of thioether (sulfide) groups is 1. The van der Waals surface area contributed by atoms with Crippen LogP contribution in [0.5, 0.6) is 5.75 Å². The average Bonchev–Trinajstić information content (AvgIpc) is 2.59. The Balaban J connectivity index is 1.75. The molecular formula is C19H21NO4S. The van der Waals surface area contributed by atoms with E-state index < -0.39 is 5.97 Å². The van der Waals surface area contributed by atoms with Crippen molar-refractivity contribution in [2.45, 2.75) is 24.7 Å². The molecule has 5 nitrogen and oxygen atoms in total. The van der Waals surface area contributed by atoms with Crippen LogP contribution in [0, 0.1) is 6.92 Å². The Morgan fingerprint density at radius 1 is 1.12 bits per heavy atom. The van der Waals surface area contributed by atoms with Gasteiger partial charge in [0, 0.05) is 17.0 Å². The first-order chi connectivity index (χ1) is 12.0. The number of amides is 1. The number of nitrogens with one attached hydrogen (secondary N) is 1. The molecule has 132 valence electrons. The Morgan fingerprint density at radius 2 is 1.84 bits per heavy atom. The molecule has 0 aliphatic rings. The first kappa shape index (κ1) is 18.9. The molecule has 0 saturated heterocycles. The van der Waals surface area contributed by atoms with Crippen LogP contribution in [0.2, 0.25) is 0 Å². The maximum atomic E-state index is 12.0. The Morgan fingerprint density at radius 3 is 2.52 bits per heavy atom. The van der Waals surface area contributed by atoms with E-state index in [4.69, 9.17) is 9.84 Å². The highest BCUT2D eigenvalue weighted by Crippen LogP contribution is 2.22. The fourth-order valence-corrected chi connectivity index (χ4v) is 2.94. The highest BCUT2D eigenvalue weighted by Gasteiger charge is 2.06. The van der Waals surface area contributed by atoms with Crippen LogP contribution < -0.4 is 10.1 Å². The summed E-state index contributed by atoms with van der Waals surface area (Å²) in [4.78, 5) is 23.6. The minimum atomic E-state index is -0.828. The third-order valence-corrected chi connectivity index (χ3v) is 4.57. The topological polar surface area (TPSA) is 75.6 Å². The number of anilines is 1. The molecule has 0 spiro atoms. The normalized spacial score (nSPS) is 10.3. The molecule has 1 amide bonds. The van der Waals surface area contributed by atoms with Crippen molar-refractivity contribution in [1.29, 1.82) is 0 Å². The van der Waals surface area contributed by atoms with Crippen molar-refractivity contribution in [3.63, 3.8) is 0 Å². The van der Waals surface area contributed by atoms with E-state index >= 15 is 0 Å². The number of aryl methyl sites for hydroxylation is 1. The van der Waals surface area contributed by atoms with E-state index in [0.717, 1.165) is 10.5 Å². The zero-order chi connectivity index (χ0) is 18.1. The summed E-state index contributed by atoms with van der Waals surface area (Å²) in [6.45, 7) is 2.38. The van der Waals surface area contributed by atoms with Gasteiger partial charge in [0.05, 0.1) is 12.4 Å². The lowest BCUT2D eigenvalue weighted by atomic mass is 10.2. The molecule has 0 aliphatic carbocycles. The number of benzene rings is 2. The molecule has 2 N–H and O–H groups in total. The van der Waals surface area contributed by atoms with Crippen LogP contribution in [-0.4, -0.2) is 29.3 Å². The first-order valence-electron chi connectivity index (χ1n) is 7.97. The zero-order valence-corrected chi connectivity index (χ0v) is 14.8. The second kappa shape index (κ2) is 9.74. The molecule has 25 heavy (non-hydrogen) atoms. The number of carboxylic acid groups (broad SMARTS) is 1. The van der Waals surface area contributed by atoms with Gasteiger partial charge in [-0.1, -0.05) is 18.2 Å². The van der Waals surface area contributed by atoms with E-state index in [9.17, 15) is 9.59 Å². The van der Waals surface area contributed by atoms with Crippen molar-refractivity contribution in [2.24, 2.45) is 0 Å². The van der Waals surface area contributed by atoms with Gasteiger partial charge in [-0.3, -0.25) is 9.59 Å². The van der Waals surface area contributed by atoms with E-state index in [1.807, 2.05) is 31.2 Å². The van der Waals surface area contributed by atoms with Crippen molar-refractivity contribution in [3.05, 3.63) is 54.1 Å². The number of carboxylic acids is 1. The minimum Gasteiger partial charge on any atom is -0.494 e. The summed E-state index contributed by atoms with van der Waals surface area (Å²) in [6, 6.07) is 15.0.